The van der Waals surface area contributed by atoms with E-state index in [9.17, 15) is 17.4 Å². The molecular weight excluding hydrogens is 407 g/mol. The summed E-state index contributed by atoms with van der Waals surface area (Å²) in [5.41, 5.74) is 2.28. The molecule has 10 heteroatoms. The maximum Gasteiger partial charge on any atom is 0.422 e. The van der Waals surface area contributed by atoms with Crippen molar-refractivity contribution < 1.29 is 27.2 Å². The van der Waals surface area contributed by atoms with Crippen LogP contribution >= 0.6 is 0 Å². The zero-order valence-electron chi connectivity index (χ0n) is 16.2. The summed E-state index contributed by atoms with van der Waals surface area (Å²) in [6.45, 7) is 3.65. The van der Waals surface area contributed by atoms with E-state index in [4.69, 9.17) is 9.84 Å². The van der Waals surface area contributed by atoms with Crippen LogP contribution in [0.5, 0.6) is 5.75 Å². The minimum atomic E-state index is -4.42. The number of pyridine rings is 1. The average Bonchev–Trinajstić information content (AvgIpc) is 3.05. The van der Waals surface area contributed by atoms with E-state index in [0.29, 0.717) is 21.9 Å². The van der Waals surface area contributed by atoms with Crippen molar-refractivity contribution in [3.05, 3.63) is 47.8 Å². The first-order valence-electron chi connectivity index (χ1n) is 8.72. The van der Waals surface area contributed by atoms with Gasteiger partial charge in [-0.25, -0.2) is 4.98 Å². The second-order valence-corrected chi connectivity index (χ2v) is 7.79. The molecule has 0 saturated carbocycles. The predicted molar refractivity (Wildman–Crippen MR) is 104 cm³/mol. The van der Waals surface area contributed by atoms with E-state index < -0.39 is 23.6 Å². The fraction of sp³-hybridized carbons (Fsp3) is 0.368. The van der Waals surface area contributed by atoms with Gasteiger partial charge < -0.3 is 14.8 Å². The minimum Gasteiger partial charge on any atom is -0.484 e. The lowest BCUT2D eigenvalue weighted by Gasteiger charge is -2.13. The summed E-state index contributed by atoms with van der Waals surface area (Å²) < 4.78 is 54.2. The number of alkyl halides is 3. The van der Waals surface area contributed by atoms with Gasteiger partial charge in [0.1, 0.15) is 5.75 Å². The summed E-state index contributed by atoms with van der Waals surface area (Å²) in [6.07, 6.45) is -3.25. The molecule has 0 aliphatic carbocycles. The molecular formula is C19H22F3N3O3S. The summed E-state index contributed by atoms with van der Waals surface area (Å²) in [7, 11) is -1.51. The number of hydrogen-bond acceptors (Lipinski definition) is 5. The van der Waals surface area contributed by atoms with Gasteiger partial charge in [0.2, 0.25) is 0 Å². The number of aromatic amines is 1. The van der Waals surface area contributed by atoms with Gasteiger partial charge >= 0.3 is 6.18 Å². The van der Waals surface area contributed by atoms with Gasteiger partial charge in [-0.3, -0.25) is 9.19 Å². The van der Waals surface area contributed by atoms with Gasteiger partial charge in [0.25, 0.3) is 0 Å². The lowest BCUT2D eigenvalue weighted by Crippen LogP contribution is -2.19. The standard InChI is InChI=1S/C16H14F3N3O2S.C3H8O/c1-10-13(20-7-6-14(10)24-9-16(17,18)19)8-25(23)15-21-11-4-2-3-5-12(11)22-15;1-3(2)4/h2-7H,8-9H2,1H3,(H,21,22);3-4H,1-2H3/t25-;/m1./s1. The third-order valence-electron chi connectivity index (χ3n) is 3.50. The highest BCUT2D eigenvalue weighted by Gasteiger charge is 2.29. The Morgan fingerprint density at radius 2 is 1.90 bits per heavy atom. The zero-order chi connectivity index (χ0) is 21.6. The van der Waals surface area contributed by atoms with Crippen LogP contribution in [0.15, 0.2) is 41.7 Å². The molecule has 1 atom stereocenters. The second kappa shape index (κ2) is 9.84. The molecule has 0 fully saturated rings. The van der Waals surface area contributed by atoms with Gasteiger partial charge in [-0.15, -0.1) is 0 Å². The molecule has 29 heavy (non-hydrogen) atoms. The number of aromatic nitrogens is 3. The molecule has 0 aliphatic rings. The number of benzene rings is 1. The number of aliphatic hydroxyl groups is 1. The Morgan fingerprint density at radius 3 is 2.52 bits per heavy atom. The monoisotopic (exact) mass is 429 g/mol. The molecule has 6 nitrogen and oxygen atoms in total. The van der Waals surface area contributed by atoms with Crippen LogP contribution in [0, 0.1) is 6.92 Å². The van der Waals surface area contributed by atoms with Crippen LogP contribution in [-0.2, 0) is 16.6 Å². The van der Waals surface area contributed by atoms with E-state index in [1.807, 2.05) is 18.2 Å². The Morgan fingerprint density at radius 1 is 1.24 bits per heavy atom. The number of halogens is 3. The smallest absolute Gasteiger partial charge is 0.422 e. The predicted octanol–water partition coefficient (Wildman–Crippen LogP) is 3.90. The molecule has 158 valence electrons. The summed E-state index contributed by atoms with van der Waals surface area (Å²) in [5.74, 6) is 0.0958. The largest absolute Gasteiger partial charge is 0.484 e. The van der Waals surface area contributed by atoms with Crippen molar-refractivity contribution in [3.63, 3.8) is 0 Å². The van der Waals surface area contributed by atoms with Crippen LogP contribution in [0.25, 0.3) is 11.0 Å². The van der Waals surface area contributed by atoms with Gasteiger partial charge in [0, 0.05) is 17.9 Å². The van der Waals surface area contributed by atoms with E-state index in [2.05, 4.69) is 15.0 Å². The number of imidazole rings is 1. The molecule has 3 aromatic rings. The van der Waals surface area contributed by atoms with Crippen molar-refractivity contribution in [1.29, 1.82) is 0 Å². The van der Waals surface area contributed by atoms with E-state index in [0.717, 1.165) is 5.52 Å². The molecule has 0 saturated heterocycles. The Bertz CT molecular complexity index is 938. The Labute approximate surface area is 168 Å². The first-order valence-corrected chi connectivity index (χ1v) is 10.0. The molecule has 1 aromatic carbocycles. The Kier molecular flexibility index (Phi) is 7.74. The summed E-state index contributed by atoms with van der Waals surface area (Å²) in [5, 5.41) is 8.35. The van der Waals surface area contributed by atoms with E-state index in [-0.39, 0.29) is 17.6 Å². The van der Waals surface area contributed by atoms with Gasteiger partial charge in [-0.1, -0.05) is 12.1 Å². The third kappa shape index (κ3) is 7.13. The van der Waals surface area contributed by atoms with Gasteiger partial charge in [-0.05, 0) is 39.0 Å². The number of para-hydroxylation sites is 2. The molecule has 0 spiro atoms. The number of rotatable bonds is 5. The van der Waals surface area contributed by atoms with Crippen LogP contribution in [0.1, 0.15) is 25.1 Å². The van der Waals surface area contributed by atoms with Crippen molar-refractivity contribution in [2.24, 2.45) is 0 Å². The van der Waals surface area contributed by atoms with Crippen molar-refractivity contribution in [2.75, 3.05) is 6.61 Å². The summed E-state index contributed by atoms with van der Waals surface area (Å²) in [4.78, 5) is 11.3. The molecule has 0 unspecified atom stereocenters. The minimum absolute atomic E-state index is 0.0227. The summed E-state index contributed by atoms with van der Waals surface area (Å²) >= 11 is 0. The maximum atomic E-state index is 12.5. The first kappa shape index (κ1) is 22.8. The molecule has 2 heterocycles. The van der Waals surface area contributed by atoms with E-state index in [1.54, 1.807) is 26.8 Å². The summed E-state index contributed by atoms with van der Waals surface area (Å²) in [6, 6.07) is 8.62. The van der Waals surface area contributed by atoms with Crippen LogP contribution < -0.4 is 4.74 Å². The van der Waals surface area contributed by atoms with Crippen LogP contribution in [0.3, 0.4) is 0 Å². The van der Waals surface area contributed by atoms with Gasteiger partial charge in [0.15, 0.2) is 11.8 Å². The Balaban J connectivity index is 0.000000687. The van der Waals surface area contributed by atoms with E-state index >= 15 is 0 Å². The number of hydrogen-bond donors (Lipinski definition) is 2. The van der Waals surface area contributed by atoms with Crippen molar-refractivity contribution in [2.45, 2.75) is 44.0 Å². The van der Waals surface area contributed by atoms with Crippen LogP contribution in [0.4, 0.5) is 13.2 Å². The second-order valence-electron chi connectivity index (χ2n) is 6.43. The molecule has 0 amide bonds. The van der Waals surface area contributed by atoms with Gasteiger partial charge in [0.05, 0.1) is 33.3 Å². The fourth-order valence-electron chi connectivity index (χ4n) is 2.25. The SMILES string of the molecule is CC(C)O.Cc1c(OCC(F)(F)F)ccnc1C[S@@](=O)c1nc2ccccc2[nH]1. The molecule has 3 rings (SSSR count). The highest BCUT2D eigenvalue weighted by atomic mass is 32.2. The van der Waals surface area contributed by atoms with Crippen molar-refractivity contribution >= 4 is 21.8 Å². The number of ether oxygens (including phenoxy) is 1. The molecule has 0 aliphatic heterocycles. The number of nitrogens with zero attached hydrogens (tertiary/aromatic N) is 2. The topological polar surface area (TPSA) is 88.1 Å². The fourth-order valence-corrected chi connectivity index (χ4v) is 3.35. The van der Waals surface area contributed by atoms with Crippen LogP contribution in [-0.4, -0.2) is 43.2 Å². The number of nitrogens with one attached hydrogen (secondary N) is 1. The lowest BCUT2D eigenvalue weighted by atomic mass is 10.2. The number of fused-ring (bicyclic) bond motifs is 1. The van der Waals surface area contributed by atoms with Gasteiger partial charge in [-0.2, -0.15) is 13.2 Å². The lowest BCUT2D eigenvalue weighted by molar-refractivity contribution is -0.153. The molecule has 2 N–H and O–H groups in total. The normalized spacial score (nSPS) is 12.6. The van der Waals surface area contributed by atoms with Crippen molar-refractivity contribution in [3.8, 4) is 5.75 Å². The van der Waals surface area contributed by atoms with Crippen LogP contribution in [0.2, 0.25) is 0 Å². The average molecular weight is 429 g/mol. The molecule has 0 bridgehead atoms. The first-order chi connectivity index (χ1) is 13.6. The quantitative estimate of drug-likeness (QED) is 0.642. The Hall–Kier alpha value is -2.46. The number of H-pyrrole nitrogens is 1. The zero-order valence-corrected chi connectivity index (χ0v) is 17.0. The molecule has 2 aromatic heterocycles. The van der Waals surface area contributed by atoms with E-state index in [1.165, 1.54) is 12.3 Å². The highest BCUT2D eigenvalue weighted by Crippen LogP contribution is 2.24. The van der Waals surface area contributed by atoms with Crippen molar-refractivity contribution in [1.82, 2.24) is 15.0 Å². The third-order valence-corrected chi connectivity index (χ3v) is 4.66. The molecule has 0 radical (unpaired) electrons. The number of aliphatic hydroxyl groups excluding tert-OH is 1. The highest BCUT2D eigenvalue weighted by molar-refractivity contribution is 7.84. The maximum absolute atomic E-state index is 12.5.